The van der Waals surface area contributed by atoms with Gasteiger partial charge in [-0.3, -0.25) is 4.79 Å². The number of aryl methyl sites for hydroxylation is 1. The van der Waals surface area contributed by atoms with Gasteiger partial charge in [0.2, 0.25) is 0 Å². The van der Waals surface area contributed by atoms with E-state index >= 15 is 0 Å². The van der Waals surface area contributed by atoms with Gasteiger partial charge in [0, 0.05) is 5.56 Å². The summed E-state index contributed by atoms with van der Waals surface area (Å²) in [6.45, 7) is -1.16. The largest absolute Gasteiger partial charge is 0.435 e. The Kier molecular flexibility index (Phi) is 4.47. The molecular weight excluding hydrogens is 283 g/mol. The van der Waals surface area contributed by atoms with Crippen LogP contribution in [0.2, 0.25) is 0 Å². The quantitative estimate of drug-likeness (QED) is 0.926. The lowest BCUT2D eigenvalue weighted by Crippen LogP contribution is -2.13. The van der Waals surface area contributed by atoms with Gasteiger partial charge in [-0.05, 0) is 48.9 Å². The lowest BCUT2D eigenvalue weighted by molar-refractivity contribution is -0.0498. The Morgan fingerprint density at radius 2 is 1.81 bits per heavy atom. The number of amides is 1. The second-order valence-electron chi connectivity index (χ2n) is 4.34. The van der Waals surface area contributed by atoms with Gasteiger partial charge in [0.05, 0.1) is 5.69 Å². The van der Waals surface area contributed by atoms with Crippen LogP contribution >= 0.6 is 0 Å². The number of nitrogens with one attached hydrogen (secondary N) is 1. The van der Waals surface area contributed by atoms with Crippen molar-refractivity contribution in [2.24, 2.45) is 0 Å². The van der Waals surface area contributed by atoms with E-state index in [1.54, 1.807) is 13.0 Å². The maximum absolute atomic E-state index is 13.5. The van der Waals surface area contributed by atoms with Gasteiger partial charge in [-0.2, -0.15) is 8.78 Å². The highest BCUT2D eigenvalue weighted by molar-refractivity contribution is 6.04. The van der Waals surface area contributed by atoms with Crippen LogP contribution in [0.25, 0.3) is 0 Å². The number of benzene rings is 2. The van der Waals surface area contributed by atoms with Crippen LogP contribution < -0.4 is 10.1 Å². The molecule has 6 heteroatoms. The molecule has 0 spiro atoms. The Hall–Kier alpha value is -2.50. The second-order valence-corrected chi connectivity index (χ2v) is 4.34. The maximum Gasteiger partial charge on any atom is 0.387 e. The molecule has 3 nitrogen and oxygen atoms in total. The molecule has 0 radical (unpaired) electrons. The molecule has 1 N–H and O–H groups in total. The monoisotopic (exact) mass is 295 g/mol. The average Bonchev–Trinajstić information content (AvgIpc) is 2.43. The van der Waals surface area contributed by atoms with Gasteiger partial charge < -0.3 is 10.1 Å². The first-order chi connectivity index (χ1) is 9.95. The van der Waals surface area contributed by atoms with E-state index in [-0.39, 0.29) is 17.0 Å². The van der Waals surface area contributed by atoms with E-state index in [0.29, 0.717) is 0 Å². The molecule has 0 atom stereocenters. The molecule has 0 unspecified atom stereocenters. The number of anilines is 1. The summed E-state index contributed by atoms with van der Waals surface area (Å²) in [5.74, 6) is -1.14. The SMILES string of the molecule is Cc1ccc(F)c(NC(=O)c2ccc(OC(F)F)cc2)c1. The molecule has 0 saturated heterocycles. The Bertz CT molecular complexity index is 642. The highest BCUT2D eigenvalue weighted by Crippen LogP contribution is 2.18. The van der Waals surface area contributed by atoms with Crippen LogP contribution in [-0.4, -0.2) is 12.5 Å². The topological polar surface area (TPSA) is 38.3 Å². The lowest BCUT2D eigenvalue weighted by Gasteiger charge is -2.08. The van der Waals surface area contributed by atoms with E-state index in [1.165, 1.54) is 36.4 Å². The molecule has 0 aliphatic carbocycles. The first kappa shape index (κ1) is 14.9. The minimum atomic E-state index is -2.92. The number of ether oxygens (including phenoxy) is 1. The molecule has 0 heterocycles. The number of halogens is 3. The summed E-state index contributed by atoms with van der Waals surface area (Å²) in [4.78, 5) is 11.9. The third kappa shape index (κ3) is 3.98. The maximum atomic E-state index is 13.5. The Labute approximate surface area is 119 Å². The number of carbonyl (C=O) groups is 1. The van der Waals surface area contributed by atoms with Gasteiger partial charge in [0.25, 0.3) is 5.91 Å². The van der Waals surface area contributed by atoms with Crippen LogP contribution in [0.1, 0.15) is 15.9 Å². The van der Waals surface area contributed by atoms with Gasteiger partial charge in [-0.1, -0.05) is 6.07 Å². The zero-order chi connectivity index (χ0) is 15.4. The molecule has 0 bridgehead atoms. The van der Waals surface area contributed by atoms with E-state index in [9.17, 15) is 18.0 Å². The minimum absolute atomic E-state index is 0.0525. The van der Waals surface area contributed by atoms with Gasteiger partial charge in [0.1, 0.15) is 11.6 Å². The smallest absolute Gasteiger partial charge is 0.387 e. The summed E-state index contributed by atoms with van der Waals surface area (Å²) in [7, 11) is 0. The second kappa shape index (κ2) is 6.30. The fourth-order valence-electron chi connectivity index (χ4n) is 1.72. The molecule has 110 valence electrons. The van der Waals surface area contributed by atoms with Crippen molar-refractivity contribution in [3.05, 3.63) is 59.4 Å². The Balaban J connectivity index is 2.11. The predicted molar refractivity (Wildman–Crippen MR) is 72.2 cm³/mol. The average molecular weight is 295 g/mol. The zero-order valence-electron chi connectivity index (χ0n) is 11.1. The summed E-state index contributed by atoms with van der Waals surface area (Å²) >= 11 is 0. The molecular formula is C15H12F3NO2. The van der Waals surface area contributed by atoms with E-state index in [2.05, 4.69) is 10.1 Å². The molecule has 0 saturated carbocycles. The van der Waals surface area contributed by atoms with Crippen molar-refractivity contribution in [2.45, 2.75) is 13.5 Å². The van der Waals surface area contributed by atoms with E-state index in [0.717, 1.165) is 5.56 Å². The fourth-order valence-corrected chi connectivity index (χ4v) is 1.72. The zero-order valence-corrected chi connectivity index (χ0v) is 11.1. The third-order valence-corrected chi connectivity index (χ3v) is 2.71. The van der Waals surface area contributed by atoms with E-state index in [1.807, 2.05) is 0 Å². The van der Waals surface area contributed by atoms with Crippen LogP contribution in [0.4, 0.5) is 18.9 Å². The van der Waals surface area contributed by atoms with Crippen LogP contribution in [0.15, 0.2) is 42.5 Å². The summed E-state index contributed by atoms with van der Waals surface area (Å²) in [6, 6.07) is 9.47. The van der Waals surface area contributed by atoms with Crippen molar-refractivity contribution in [1.82, 2.24) is 0 Å². The van der Waals surface area contributed by atoms with Crippen LogP contribution in [0.3, 0.4) is 0 Å². The molecule has 2 aromatic rings. The van der Waals surface area contributed by atoms with Crippen molar-refractivity contribution < 1.29 is 22.7 Å². The molecule has 0 aromatic heterocycles. The molecule has 2 rings (SSSR count). The van der Waals surface area contributed by atoms with E-state index in [4.69, 9.17) is 0 Å². The van der Waals surface area contributed by atoms with Crippen molar-refractivity contribution in [2.75, 3.05) is 5.32 Å². The number of hydrogen-bond acceptors (Lipinski definition) is 2. The summed E-state index contributed by atoms with van der Waals surface area (Å²) < 4.78 is 41.7. The molecule has 1 amide bonds. The Morgan fingerprint density at radius 1 is 1.14 bits per heavy atom. The number of alkyl halides is 2. The number of rotatable bonds is 4. The van der Waals surface area contributed by atoms with Crippen molar-refractivity contribution in [1.29, 1.82) is 0 Å². The van der Waals surface area contributed by atoms with Crippen LogP contribution in [-0.2, 0) is 0 Å². The predicted octanol–water partition coefficient (Wildman–Crippen LogP) is 3.99. The molecule has 0 aliphatic heterocycles. The normalized spacial score (nSPS) is 10.5. The van der Waals surface area contributed by atoms with Gasteiger partial charge in [-0.25, -0.2) is 4.39 Å². The lowest BCUT2D eigenvalue weighted by atomic mass is 10.1. The molecule has 0 fully saturated rings. The van der Waals surface area contributed by atoms with Gasteiger partial charge in [-0.15, -0.1) is 0 Å². The third-order valence-electron chi connectivity index (χ3n) is 2.71. The first-order valence-electron chi connectivity index (χ1n) is 6.08. The number of hydrogen-bond donors (Lipinski definition) is 1. The molecule has 2 aromatic carbocycles. The van der Waals surface area contributed by atoms with Crippen molar-refractivity contribution in [3.63, 3.8) is 0 Å². The van der Waals surface area contributed by atoms with Crippen molar-refractivity contribution in [3.8, 4) is 5.75 Å². The van der Waals surface area contributed by atoms with Crippen molar-refractivity contribution >= 4 is 11.6 Å². The van der Waals surface area contributed by atoms with Crippen LogP contribution in [0, 0.1) is 12.7 Å². The summed E-state index contributed by atoms with van der Waals surface area (Å²) in [5.41, 5.74) is 1.07. The van der Waals surface area contributed by atoms with Gasteiger partial charge >= 0.3 is 6.61 Å². The van der Waals surface area contributed by atoms with Crippen LogP contribution in [0.5, 0.6) is 5.75 Å². The Morgan fingerprint density at radius 3 is 2.43 bits per heavy atom. The summed E-state index contributed by atoms with van der Waals surface area (Å²) in [6.07, 6.45) is 0. The summed E-state index contributed by atoms with van der Waals surface area (Å²) in [5, 5.41) is 2.42. The minimum Gasteiger partial charge on any atom is -0.435 e. The number of carbonyl (C=O) groups excluding carboxylic acids is 1. The fraction of sp³-hybridized carbons (Fsp3) is 0.133. The highest BCUT2D eigenvalue weighted by atomic mass is 19.3. The molecule has 0 aliphatic rings. The highest BCUT2D eigenvalue weighted by Gasteiger charge is 2.10. The van der Waals surface area contributed by atoms with Gasteiger partial charge in [0.15, 0.2) is 0 Å². The molecule has 21 heavy (non-hydrogen) atoms. The van der Waals surface area contributed by atoms with E-state index < -0.39 is 18.3 Å². The first-order valence-corrected chi connectivity index (χ1v) is 6.08. The standard InChI is InChI=1S/C15H12F3NO2/c1-9-2-7-12(16)13(8-9)19-14(20)10-3-5-11(6-4-10)21-15(17)18/h2-8,15H,1H3,(H,19,20).